The predicted octanol–water partition coefficient (Wildman–Crippen LogP) is 2.78. The fourth-order valence-electron chi connectivity index (χ4n) is 2.06. The molecule has 0 spiro atoms. The summed E-state index contributed by atoms with van der Waals surface area (Å²) in [4.78, 5) is 14.9. The van der Waals surface area contributed by atoms with Crippen LogP contribution in [-0.4, -0.2) is 17.6 Å². The van der Waals surface area contributed by atoms with Crippen LogP contribution in [0.5, 0.6) is 0 Å². The van der Waals surface area contributed by atoms with Gasteiger partial charge in [0, 0.05) is 10.9 Å². The third kappa shape index (κ3) is 1.95. The number of carbonyl (C=O) groups excluding carboxylic acids is 1. The molecule has 0 unspecified atom stereocenters. The number of ether oxygens (including phenoxy) is 1. The number of fused-ring (bicyclic) bond motifs is 1. The predicted molar refractivity (Wildman–Crippen MR) is 68.3 cm³/mol. The highest BCUT2D eigenvalue weighted by Gasteiger charge is 2.17. The van der Waals surface area contributed by atoms with Crippen LogP contribution in [0.3, 0.4) is 0 Å². The number of nitrogens with one attached hydrogen (secondary N) is 1. The zero-order chi connectivity index (χ0) is 13.1. The summed E-state index contributed by atoms with van der Waals surface area (Å²) in [5.74, 6) is -0.343. The number of benzene rings is 1. The first-order chi connectivity index (χ1) is 8.71. The van der Waals surface area contributed by atoms with Crippen molar-refractivity contribution in [1.29, 1.82) is 5.26 Å². The van der Waals surface area contributed by atoms with Crippen molar-refractivity contribution in [2.45, 2.75) is 20.3 Å². The molecule has 0 saturated carbocycles. The maximum Gasteiger partial charge on any atom is 0.355 e. The average Bonchev–Trinajstić information content (AvgIpc) is 2.76. The van der Waals surface area contributed by atoms with Gasteiger partial charge in [-0.1, -0.05) is 6.92 Å². The normalized spacial score (nSPS) is 10.3. The Labute approximate surface area is 105 Å². The molecule has 0 aliphatic heterocycles. The molecule has 4 heteroatoms. The molecule has 0 radical (unpaired) electrons. The third-order valence-electron chi connectivity index (χ3n) is 2.87. The lowest BCUT2D eigenvalue weighted by molar-refractivity contribution is 0.0519. The number of nitriles is 1. The number of aryl methyl sites for hydroxylation is 1. The Bertz CT molecular complexity index is 635. The number of rotatable bonds is 3. The number of nitrogens with zero attached hydrogens (tertiary/aromatic N) is 1. The summed E-state index contributed by atoms with van der Waals surface area (Å²) in [6, 6.07) is 7.45. The highest BCUT2D eigenvalue weighted by molar-refractivity contribution is 5.98. The highest BCUT2D eigenvalue weighted by atomic mass is 16.5. The molecule has 92 valence electrons. The molecule has 0 atom stereocenters. The first-order valence-electron chi connectivity index (χ1n) is 5.93. The van der Waals surface area contributed by atoms with Crippen LogP contribution >= 0.6 is 0 Å². The number of hydrogen-bond donors (Lipinski definition) is 1. The summed E-state index contributed by atoms with van der Waals surface area (Å²) in [7, 11) is 0. The summed E-state index contributed by atoms with van der Waals surface area (Å²) in [5, 5.41) is 9.83. The molecule has 0 saturated heterocycles. The Morgan fingerprint density at radius 2 is 2.22 bits per heavy atom. The summed E-state index contributed by atoms with van der Waals surface area (Å²) in [6.07, 6.45) is 0.711. The fraction of sp³-hybridized carbons (Fsp3) is 0.286. The quantitative estimate of drug-likeness (QED) is 0.841. The minimum atomic E-state index is -0.343. The van der Waals surface area contributed by atoms with E-state index in [4.69, 9.17) is 10.00 Å². The molecular weight excluding hydrogens is 228 g/mol. The van der Waals surface area contributed by atoms with E-state index in [2.05, 4.69) is 11.1 Å². The lowest BCUT2D eigenvalue weighted by Gasteiger charge is -2.01. The number of hydrogen-bond acceptors (Lipinski definition) is 3. The van der Waals surface area contributed by atoms with Gasteiger partial charge in [-0.15, -0.1) is 0 Å². The van der Waals surface area contributed by atoms with Gasteiger partial charge in [0.05, 0.1) is 18.2 Å². The zero-order valence-electron chi connectivity index (χ0n) is 10.4. The molecule has 0 aliphatic carbocycles. The van der Waals surface area contributed by atoms with Crippen molar-refractivity contribution in [2.24, 2.45) is 0 Å². The largest absolute Gasteiger partial charge is 0.461 e. The van der Waals surface area contributed by atoms with Gasteiger partial charge in [-0.2, -0.15) is 5.26 Å². The van der Waals surface area contributed by atoms with Crippen molar-refractivity contribution < 1.29 is 9.53 Å². The minimum absolute atomic E-state index is 0.343. The zero-order valence-corrected chi connectivity index (χ0v) is 10.4. The van der Waals surface area contributed by atoms with E-state index in [1.54, 1.807) is 19.1 Å². The Hall–Kier alpha value is -2.28. The second-order valence-corrected chi connectivity index (χ2v) is 3.92. The summed E-state index contributed by atoms with van der Waals surface area (Å²) < 4.78 is 5.02. The van der Waals surface area contributed by atoms with Crippen molar-refractivity contribution in [3.8, 4) is 6.07 Å². The van der Waals surface area contributed by atoms with Crippen LogP contribution in [0.15, 0.2) is 18.2 Å². The Balaban J connectivity index is 2.62. The third-order valence-corrected chi connectivity index (χ3v) is 2.87. The molecule has 2 aromatic rings. The summed E-state index contributed by atoms with van der Waals surface area (Å²) in [5.41, 5.74) is 2.84. The van der Waals surface area contributed by atoms with Crippen LogP contribution in [0.25, 0.3) is 10.9 Å². The van der Waals surface area contributed by atoms with Gasteiger partial charge in [-0.05, 0) is 37.1 Å². The Kier molecular flexibility index (Phi) is 3.33. The lowest BCUT2D eigenvalue weighted by atomic mass is 10.1. The van der Waals surface area contributed by atoms with Crippen LogP contribution < -0.4 is 0 Å². The smallest absolute Gasteiger partial charge is 0.355 e. The van der Waals surface area contributed by atoms with Crippen molar-refractivity contribution in [2.75, 3.05) is 6.61 Å². The van der Waals surface area contributed by atoms with Crippen molar-refractivity contribution in [3.63, 3.8) is 0 Å². The van der Waals surface area contributed by atoms with Crippen molar-refractivity contribution in [3.05, 3.63) is 35.0 Å². The van der Waals surface area contributed by atoms with E-state index < -0.39 is 0 Å². The topological polar surface area (TPSA) is 65.9 Å². The summed E-state index contributed by atoms with van der Waals surface area (Å²) >= 11 is 0. The molecule has 2 rings (SSSR count). The first-order valence-corrected chi connectivity index (χ1v) is 5.93. The van der Waals surface area contributed by atoms with Crippen LogP contribution in [0.1, 0.15) is 35.5 Å². The van der Waals surface area contributed by atoms with Gasteiger partial charge in [-0.3, -0.25) is 0 Å². The van der Waals surface area contributed by atoms with E-state index in [0.29, 0.717) is 24.3 Å². The molecule has 0 amide bonds. The lowest BCUT2D eigenvalue weighted by Crippen LogP contribution is -2.07. The van der Waals surface area contributed by atoms with E-state index in [1.807, 2.05) is 13.0 Å². The second kappa shape index (κ2) is 4.92. The van der Waals surface area contributed by atoms with E-state index in [0.717, 1.165) is 16.5 Å². The highest BCUT2D eigenvalue weighted by Crippen LogP contribution is 2.24. The molecule has 18 heavy (non-hydrogen) atoms. The molecule has 0 fully saturated rings. The monoisotopic (exact) mass is 242 g/mol. The van der Waals surface area contributed by atoms with E-state index in [-0.39, 0.29) is 5.97 Å². The Morgan fingerprint density at radius 1 is 1.44 bits per heavy atom. The number of carbonyl (C=O) groups is 1. The van der Waals surface area contributed by atoms with Gasteiger partial charge in [0.15, 0.2) is 0 Å². The maximum atomic E-state index is 11.8. The maximum absolute atomic E-state index is 11.8. The molecule has 0 aliphatic rings. The first kappa shape index (κ1) is 12.2. The average molecular weight is 242 g/mol. The molecule has 1 heterocycles. The SMILES string of the molecule is CCOC(=O)c1[nH]c2ccc(C#N)cc2c1CC. The van der Waals surface area contributed by atoms with Crippen LogP contribution in [0, 0.1) is 11.3 Å². The molecule has 1 N–H and O–H groups in total. The minimum Gasteiger partial charge on any atom is -0.461 e. The van der Waals surface area contributed by atoms with Gasteiger partial charge in [0.1, 0.15) is 5.69 Å². The standard InChI is InChI=1S/C14H14N2O2/c1-3-10-11-7-9(8-15)5-6-12(11)16-13(10)14(17)18-4-2/h5-7,16H,3-4H2,1-2H3. The van der Waals surface area contributed by atoms with Gasteiger partial charge in [0.25, 0.3) is 0 Å². The van der Waals surface area contributed by atoms with Crippen molar-refractivity contribution >= 4 is 16.9 Å². The van der Waals surface area contributed by atoms with E-state index in [9.17, 15) is 4.79 Å². The Morgan fingerprint density at radius 3 is 2.83 bits per heavy atom. The van der Waals surface area contributed by atoms with Crippen LogP contribution in [0.4, 0.5) is 0 Å². The molecule has 1 aromatic carbocycles. The molecule has 0 bridgehead atoms. The van der Waals surface area contributed by atoms with Gasteiger partial charge in [0.2, 0.25) is 0 Å². The van der Waals surface area contributed by atoms with E-state index >= 15 is 0 Å². The van der Waals surface area contributed by atoms with Gasteiger partial charge in [-0.25, -0.2) is 4.79 Å². The molecule has 1 aromatic heterocycles. The number of esters is 1. The van der Waals surface area contributed by atoms with Gasteiger partial charge >= 0.3 is 5.97 Å². The van der Waals surface area contributed by atoms with Crippen LogP contribution in [-0.2, 0) is 11.2 Å². The van der Waals surface area contributed by atoms with Gasteiger partial charge < -0.3 is 9.72 Å². The number of H-pyrrole nitrogens is 1. The number of aromatic amines is 1. The summed E-state index contributed by atoms with van der Waals surface area (Å²) in [6.45, 7) is 4.10. The number of aromatic nitrogens is 1. The second-order valence-electron chi connectivity index (χ2n) is 3.92. The van der Waals surface area contributed by atoms with Crippen LogP contribution in [0.2, 0.25) is 0 Å². The molecule has 4 nitrogen and oxygen atoms in total. The van der Waals surface area contributed by atoms with E-state index in [1.165, 1.54) is 0 Å². The fourth-order valence-corrected chi connectivity index (χ4v) is 2.06. The van der Waals surface area contributed by atoms with Crippen molar-refractivity contribution in [1.82, 2.24) is 4.98 Å². The molecular formula is C14H14N2O2.